The Morgan fingerprint density at radius 3 is 1.70 bits per heavy atom. The lowest BCUT2D eigenvalue weighted by Gasteiger charge is -2.08. The molecule has 0 aromatic heterocycles. The van der Waals surface area contributed by atoms with Gasteiger partial charge in [0.2, 0.25) is 0 Å². The first-order valence-corrected chi connectivity index (χ1v) is 7.50. The summed E-state index contributed by atoms with van der Waals surface area (Å²) in [5, 5.41) is 11.1. The molecule has 20 heavy (non-hydrogen) atoms. The van der Waals surface area contributed by atoms with Crippen LogP contribution >= 0.6 is 34.8 Å². The highest BCUT2D eigenvalue weighted by atomic mass is 35.6. The summed E-state index contributed by atoms with van der Waals surface area (Å²) in [6, 6.07) is 10.3. The van der Waals surface area contributed by atoms with Crippen molar-refractivity contribution in [3.05, 3.63) is 35.9 Å². The molecule has 0 atom stereocenters. The van der Waals surface area contributed by atoms with Crippen molar-refractivity contribution in [2.24, 2.45) is 0 Å². The number of alkyl halides is 3. The molecule has 0 spiro atoms. The number of hydrogen-bond donors (Lipinski definition) is 2. The molecule has 1 fully saturated rings. The molecular weight excluding hydrogens is 321 g/mol. The van der Waals surface area contributed by atoms with Crippen LogP contribution in [0.25, 0.3) is 0 Å². The van der Waals surface area contributed by atoms with Crippen LogP contribution in [0, 0.1) is 6.92 Å². The number of piperidine rings is 1. The number of nitrogens with one attached hydrogen (secondary N) is 1. The summed E-state index contributed by atoms with van der Waals surface area (Å²) in [4.78, 5) is 9.62. The van der Waals surface area contributed by atoms with E-state index in [1.165, 1.54) is 37.9 Å². The first-order valence-electron chi connectivity index (χ1n) is 6.36. The molecule has 1 aliphatic heterocycles. The van der Waals surface area contributed by atoms with Crippen LogP contribution in [0.1, 0.15) is 24.8 Å². The van der Waals surface area contributed by atoms with E-state index >= 15 is 0 Å². The third kappa shape index (κ3) is 12.5. The lowest BCUT2D eigenvalue weighted by atomic mass is 10.2. The molecule has 1 aliphatic rings. The van der Waals surface area contributed by atoms with Crippen LogP contribution in [0.3, 0.4) is 0 Å². The van der Waals surface area contributed by atoms with Crippen LogP contribution in [-0.4, -0.2) is 28.0 Å². The number of carbonyl (C=O) groups is 1. The number of carboxylic acid groups (broad SMARTS) is 1. The van der Waals surface area contributed by atoms with Gasteiger partial charge >= 0.3 is 5.97 Å². The summed E-state index contributed by atoms with van der Waals surface area (Å²) in [6.45, 7) is 4.58. The maximum atomic E-state index is 9.62. The van der Waals surface area contributed by atoms with Crippen molar-refractivity contribution < 1.29 is 9.90 Å². The molecule has 3 nitrogen and oxygen atoms in total. The molecule has 0 unspecified atom stereocenters. The van der Waals surface area contributed by atoms with E-state index in [2.05, 4.69) is 24.4 Å². The Bertz CT molecular complexity index is 351. The van der Waals surface area contributed by atoms with E-state index in [0.29, 0.717) is 0 Å². The van der Waals surface area contributed by atoms with Gasteiger partial charge in [0.1, 0.15) is 0 Å². The third-order valence-electron chi connectivity index (χ3n) is 2.39. The molecule has 0 saturated carbocycles. The highest BCUT2D eigenvalue weighted by molar-refractivity contribution is 6.75. The average molecular weight is 341 g/mol. The van der Waals surface area contributed by atoms with Crippen LogP contribution in [0.5, 0.6) is 0 Å². The zero-order chi connectivity index (χ0) is 15.4. The first-order chi connectivity index (χ1) is 9.34. The van der Waals surface area contributed by atoms with Gasteiger partial charge in [-0.05, 0) is 32.9 Å². The molecule has 0 aliphatic carbocycles. The minimum Gasteiger partial charge on any atom is -0.478 e. The Labute approximate surface area is 135 Å². The second-order valence-corrected chi connectivity index (χ2v) is 6.55. The summed E-state index contributed by atoms with van der Waals surface area (Å²) in [5.74, 6) is -1.46. The number of hydrogen-bond acceptors (Lipinski definition) is 2. The Morgan fingerprint density at radius 2 is 1.55 bits per heavy atom. The summed E-state index contributed by atoms with van der Waals surface area (Å²) in [5.41, 5.74) is 1.32. The standard InChI is InChI=1S/C7H8.C5H11N.C2HCl3O2/c1-7-5-3-2-4-6-7;1-2-4-6-5-3-1;3-2(4,5)1(6)7/h2-6H,1H3;6H,1-5H2;(H,6,7). The van der Waals surface area contributed by atoms with Gasteiger partial charge in [-0.15, -0.1) is 0 Å². The van der Waals surface area contributed by atoms with E-state index in [1.807, 2.05) is 18.2 Å². The van der Waals surface area contributed by atoms with Gasteiger partial charge in [-0.25, -0.2) is 4.79 Å². The van der Waals surface area contributed by atoms with E-state index in [0.717, 1.165) is 0 Å². The first kappa shape index (κ1) is 19.5. The maximum Gasteiger partial charge on any atom is 0.356 e. The molecular formula is C14H20Cl3NO2. The normalized spacial score (nSPS) is 14.2. The van der Waals surface area contributed by atoms with E-state index in [4.69, 9.17) is 39.9 Å². The number of rotatable bonds is 0. The number of benzene rings is 1. The minimum atomic E-state index is -2.17. The number of halogens is 3. The van der Waals surface area contributed by atoms with Crippen LogP contribution in [0.2, 0.25) is 0 Å². The van der Waals surface area contributed by atoms with E-state index in [1.54, 1.807) is 0 Å². The van der Waals surface area contributed by atoms with Crippen molar-refractivity contribution in [2.45, 2.75) is 30.0 Å². The molecule has 1 heterocycles. The predicted octanol–water partition coefficient (Wildman–Crippen LogP) is 4.20. The van der Waals surface area contributed by atoms with Gasteiger partial charge in [0, 0.05) is 0 Å². The van der Waals surface area contributed by atoms with Gasteiger partial charge in [-0.2, -0.15) is 0 Å². The summed E-state index contributed by atoms with van der Waals surface area (Å²) >= 11 is 14.4. The molecule has 2 N–H and O–H groups in total. The van der Waals surface area contributed by atoms with Crippen molar-refractivity contribution in [2.75, 3.05) is 13.1 Å². The SMILES string of the molecule is C1CCNCC1.Cc1ccccc1.O=C(O)C(Cl)(Cl)Cl. The molecule has 0 amide bonds. The van der Waals surface area contributed by atoms with Gasteiger partial charge in [0.15, 0.2) is 0 Å². The Balaban J connectivity index is 0.000000271. The molecule has 1 aromatic rings. The molecule has 1 saturated heterocycles. The number of carboxylic acids is 1. The highest BCUT2D eigenvalue weighted by Crippen LogP contribution is 2.25. The highest BCUT2D eigenvalue weighted by Gasteiger charge is 2.29. The van der Waals surface area contributed by atoms with E-state index in [-0.39, 0.29) is 0 Å². The number of aryl methyl sites for hydroxylation is 1. The van der Waals surface area contributed by atoms with Crippen LogP contribution in [0.15, 0.2) is 30.3 Å². The van der Waals surface area contributed by atoms with Gasteiger partial charge in [-0.1, -0.05) is 77.1 Å². The quantitative estimate of drug-likeness (QED) is 0.696. The summed E-state index contributed by atoms with van der Waals surface area (Å²) in [7, 11) is 0. The summed E-state index contributed by atoms with van der Waals surface area (Å²) < 4.78 is -2.17. The van der Waals surface area contributed by atoms with Crippen molar-refractivity contribution in [1.29, 1.82) is 0 Å². The fraction of sp³-hybridized carbons (Fsp3) is 0.500. The fourth-order valence-electron chi connectivity index (χ4n) is 1.34. The topological polar surface area (TPSA) is 49.3 Å². The molecule has 2 rings (SSSR count). The smallest absolute Gasteiger partial charge is 0.356 e. The Kier molecular flexibility index (Phi) is 10.9. The van der Waals surface area contributed by atoms with Gasteiger partial charge < -0.3 is 10.4 Å². The molecule has 0 radical (unpaired) electrons. The molecule has 1 aromatic carbocycles. The zero-order valence-electron chi connectivity index (χ0n) is 11.4. The average Bonchev–Trinajstić information content (AvgIpc) is 2.42. The maximum absolute atomic E-state index is 9.62. The van der Waals surface area contributed by atoms with Crippen LogP contribution in [0.4, 0.5) is 0 Å². The summed E-state index contributed by atoms with van der Waals surface area (Å²) in [6.07, 6.45) is 4.22. The van der Waals surface area contributed by atoms with Crippen molar-refractivity contribution in [3.63, 3.8) is 0 Å². The third-order valence-corrected chi connectivity index (χ3v) is 2.88. The molecule has 6 heteroatoms. The lowest BCUT2D eigenvalue weighted by Crippen LogP contribution is -2.21. The second-order valence-electron chi connectivity index (χ2n) is 4.27. The lowest BCUT2D eigenvalue weighted by molar-refractivity contribution is -0.135. The van der Waals surface area contributed by atoms with Gasteiger partial charge in [-0.3, -0.25) is 0 Å². The monoisotopic (exact) mass is 339 g/mol. The van der Waals surface area contributed by atoms with E-state index < -0.39 is 9.76 Å². The minimum absolute atomic E-state index is 1.25. The van der Waals surface area contributed by atoms with Crippen LogP contribution in [-0.2, 0) is 4.79 Å². The molecule has 114 valence electrons. The largest absolute Gasteiger partial charge is 0.478 e. The molecule has 0 bridgehead atoms. The fourth-order valence-corrected chi connectivity index (χ4v) is 1.34. The second kappa shape index (κ2) is 11.2. The van der Waals surface area contributed by atoms with Gasteiger partial charge in [0.05, 0.1) is 0 Å². The zero-order valence-corrected chi connectivity index (χ0v) is 13.7. The van der Waals surface area contributed by atoms with Crippen molar-refractivity contribution in [1.82, 2.24) is 5.32 Å². The van der Waals surface area contributed by atoms with Crippen LogP contribution < -0.4 is 5.32 Å². The van der Waals surface area contributed by atoms with Crippen molar-refractivity contribution >= 4 is 40.8 Å². The van der Waals surface area contributed by atoms with Crippen molar-refractivity contribution in [3.8, 4) is 0 Å². The van der Waals surface area contributed by atoms with E-state index in [9.17, 15) is 4.79 Å². The number of aliphatic carboxylic acids is 1. The Hall–Kier alpha value is -0.480. The predicted molar refractivity (Wildman–Crippen MR) is 85.8 cm³/mol. The van der Waals surface area contributed by atoms with Gasteiger partial charge in [0.25, 0.3) is 3.79 Å². The Morgan fingerprint density at radius 1 is 1.10 bits per heavy atom.